The zero-order valence-electron chi connectivity index (χ0n) is 16.5. The maximum Gasteiger partial charge on any atom is 0.285 e. The molecule has 2 aliphatic rings. The Morgan fingerprint density at radius 2 is 2.17 bits per heavy atom. The minimum absolute atomic E-state index is 0.0852. The second kappa shape index (κ2) is 8.26. The molecular formula is C21H25ClN4O3. The van der Waals surface area contributed by atoms with Gasteiger partial charge >= 0.3 is 0 Å². The van der Waals surface area contributed by atoms with Gasteiger partial charge in [-0.3, -0.25) is 9.59 Å². The van der Waals surface area contributed by atoms with Gasteiger partial charge in [0.25, 0.3) is 11.5 Å². The summed E-state index contributed by atoms with van der Waals surface area (Å²) < 4.78 is 7.16. The van der Waals surface area contributed by atoms with Crippen LogP contribution in [-0.2, 0) is 23.2 Å². The average Bonchev–Trinajstić information content (AvgIpc) is 3.28. The fourth-order valence-corrected chi connectivity index (χ4v) is 4.58. The highest BCUT2D eigenvalue weighted by Gasteiger charge is 2.46. The lowest BCUT2D eigenvalue weighted by Gasteiger charge is -2.23. The van der Waals surface area contributed by atoms with Crippen LogP contribution >= 0.6 is 11.6 Å². The van der Waals surface area contributed by atoms with E-state index < -0.39 is 11.5 Å². The van der Waals surface area contributed by atoms with Gasteiger partial charge in [0.2, 0.25) is 0 Å². The van der Waals surface area contributed by atoms with Crippen LogP contribution in [0.25, 0.3) is 0 Å². The second-order valence-electron chi connectivity index (χ2n) is 7.84. The number of aromatic nitrogens is 2. The Hall–Kier alpha value is -2.22. The maximum atomic E-state index is 12.6. The molecule has 8 heteroatoms. The summed E-state index contributed by atoms with van der Waals surface area (Å²) in [6, 6.07) is 7.26. The van der Waals surface area contributed by atoms with Crippen LogP contribution in [0.1, 0.15) is 34.6 Å². The minimum Gasteiger partial charge on any atom is -0.383 e. The quantitative estimate of drug-likeness (QED) is 0.777. The summed E-state index contributed by atoms with van der Waals surface area (Å²) in [6.07, 6.45) is 3.59. The first-order valence-electron chi connectivity index (χ1n) is 9.87. The molecule has 1 aromatic heterocycles. The van der Waals surface area contributed by atoms with Gasteiger partial charge < -0.3 is 19.5 Å². The van der Waals surface area contributed by atoms with Crippen LogP contribution in [0.4, 0.5) is 0 Å². The van der Waals surface area contributed by atoms with E-state index >= 15 is 0 Å². The molecule has 1 amide bonds. The number of aryl methyl sites for hydroxylation is 1. The first kappa shape index (κ1) is 20.1. The Balaban J connectivity index is 1.49. The molecule has 1 N–H and O–H groups in total. The molecule has 0 bridgehead atoms. The number of amides is 1. The fourth-order valence-electron chi connectivity index (χ4n) is 4.37. The van der Waals surface area contributed by atoms with Crippen LogP contribution in [-0.4, -0.2) is 53.7 Å². The van der Waals surface area contributed by atoms with E-state index in [1.165, 1.54) is 0 Å². The summed E-state index contributed by atoms with van der Waals surface area (Å²) in [7, 11) is 1.71. The lowest BCUT2D eigenvalue weighted by Crippen LogP contribution is -2.35. The second-order valence-corrected chi connectivity index (χ2v) is 8.28. The Morgan fingerprint density at radius 3 is 2.97 bits per heavy atom. The third-order valence-electron chi connectivity index (χ3n) is 5.93. The van der Waals surface area contributed by atoms with Crippen molar-refractivity contribution in [1.82, 2.24) is 19.8 Å². The fraction of sp³-hybridized carbons (Fsp3) is 0.476. The smallest absolute Gasteiger partial charge is 0.285 e. The third-order valence-corrected chi connectivity index (χ3v) is 6.17. The van der Waals surface area contributed by atoms with Crippen LogP contribution in [0.3, 0.4) is 0 Å². The van der Waals surface area contributed by atoms with E-state index in [1.807, 2.05) is 16.7 Å². The Labute approximate surface area is 174 Å². The largest absolute Gasteiger partial charge is 0.383 e. The van der Waals surface area contributed by atoms with Crippen molar-refractivity contribution < 1.29 is 9.53 Å². The predicted molar refractivity (Wildman–Crippen MR) is 110 cm³/mol. The van der Waals surface area contributed by atoms with Crippen molar-refractivity contribution in [3.63, 3.8) is 0 Å². The summed E-state index contributed by atoms with van der Waals surface area (Å²) in [5, 5.41) is 3.40. The van der Waals surface area contributed by atoms with Crippen LogP contribution in [0, 0.1) is 0 Å². The molecule has 154 valence electrons. The van der Waals surface area contributed by atoms with Gasteiger partial charge in [0, 0.05) is 49.9 Å². The van der Waals surface area contributed by atoms with E-state index in [-0.39, 0.29) is 11.0 Å². The highest BCUT2D eigenvalue weighted by molar-refractivity contribution is 6.30. The van der Waals surface area contributed by atoms with Crippen molar-refractivity contribution in [2.24, 2.45) is 0 Å². The third kappa shape index (κ3) is 4.08. The number of ether oxygens (including phenoxy) is 1. The molecule has 2 aliphatic heterocycles. The van der Waals surface area contributed by atoms with E-state index in [2.05, 4.69) is 15.2 Å². The Kier molecular flexibility index (Phi) is 5.72. The van der Waals surface area contributed by atoms with Gasteiger partial charge in [0.1, 0.15) is 11.4 Å². The molecule has 0 saturated carbocycles. The molecule has 3 heterocycles. The van der Waals surface area contributed by atoms with E-state index in [9.17, 15) is 9.59 Å². The van der Waals surface area contributed by atoms with Gasteiger partial charge in [0.05, 0.1) is 6.61 Å². The maximum absolute atomic E-state index is 12.6. The van der Waals surface area contributed by atoms with Crippen LogP contribution in [0.15, 0.2) is 35.3 Å². The molecule has 1 unspecified atom stereocenters. The van der Waals surface area contributed by atoms with Gasteiger partial charge in [-0.05, 0) is 37.1 Å². The van der Waals surface area contributed by atoms with E-state index in [1.54, 1.807) is 25.4 Å². The molecule has 1 fully saturated rings. The Bertz CT molecular complexity index is 977. The van der Waals surface area contributed by atoms with Crippen molar-refractivity contribution in [3.8, 4) is 0 Å². The van der Waals surface area contributed by atoms with Crippen LogP contribution in [0.5, 0.6) is 0 Å². The average molecular weight is 417 g/mol. The number of hydrogen-bond donors (Lipinski definition) is 1. The van der Waals surface area contributed by atoms with Crippen molar-refractivity contribution >= 4 is 17.5 Å². The number of likely N-dealkylation sites (tertiary alicyclic amines) is 1. The van der Waals surface area contributed by atoms with Gasteiger partial charge in [-0.25, -0.2) is 0 Å². The molecule has 7 nitrogen and oxygen atoms in total. The molecule has 1 aromatic carbocycles. The lowest BCUT2D eigenvalue weighted by atomic mass is 9.85. The van der Waals surface area contributed by atoms with Gasteiger partial charge in [0.15, 0.2) is 0 Å². The van der Waals surface area contributed by atoms with Gasteiger partial charge in [-0.2, -0.15) is 4.98 Å². The zero-order chi connectivity index (χ0) is 20.4. The van der Waals surface area contributed by atoms with Crippen LogP contribution < -0.4 is 10.9 Å². The molecule has 1 saturated heterocycles. The summed E-state index contributed by atoms with van der Waals surface area (Å²) in [4.78, 5) is 31.9. The first-order valence-corrected chi connectivity index (χ1v) is 10.2. The number of benzene rings is 1. The summed E-state index contributed by atoms with van der Waals surface area (Å²) in [6.45, 7) is 4.51. The van der Waals surface area contributed by atoms with E-state index in [0.717, 1.165) is 50.4 Å². The number of fused-ring (bicyclic) bond motifs is 2. The van der Waals surface area contributed by atoms with E-state index in [4.69, 9.17) is 16.3 Å². The molecule has 29 heavy (non-hydrogen) atoms. The normalized spacial score (nSPS) is 20.9. The molecule has 1 spiro atoms. The van der Waals surface area contributed by atoms with Crippen molar-refractivity contribution in [1.29, 1.82) is 0 Å². The summed E-state index contributed by atoms with van der Waals surface area (Å²) in [5.41, 5.74) is 0.405. The first-order chi connectivity index (χ1) is 14.0. The highest BCUT2D eigenvalue weighted by atomic mass is 35.5. The van der Waals surface area contributed by atoms with Crippen molar-refractivity contribution in [2.45, 2.75) is 31.3 Å². The number of hydrogen-bond acceptors (Lipinski definition) is 5. The Morgan fingerprint density at radius 1 is 1.34 bits per heavy atom. The number of carbonyl (C=O) groups excluding carboxylic acids is 1. The number of rotatable bonds is 6. The predicted octanol–water partition coefficient (Wildman–Crippen LogP) is 1.82. The topological polar surface area (TPSA) is 76.5 Å². The lowest BCUT2D eigenvalue weighted by molar-refractivity contribution is 0.0948. The van der Waals surface area contributed by atoms with Gasteiger partial charge in [-0.15, -0.1) is 0 Å². The molecule has 4 rings (SSSR count). The molecule has 1 atom stereocenters. The molecular weight excluding hydrogens is 392 g/mol. The molecule has 2 aromatic rings. The molecule has 0 radical (unpaired) electrons. The van der Waals surface area contributed by atoms with E-state index in [0.29, 0.717) is 18.2 Å². The summed E-state index contributed by atoms with van der Waals surface area (Å²) >= 11 is 5.98. The van der Waals surface area contributed by atoms with Gasteiger partial charge in [-0.1, -0.05) is 23.7 Å². The number of nitrogens with one attached hydrogen (secondary N) is 1. The van der Waals surface area contributed by atoms with Crippen molar-refractivity contribution in [2.75, 3.05) is 33.4 Å². The number of halogens is 1. The summed E-state index contributed by atoms with van der Waals surface area (Å²) in [5.74, 6) is 0.403. The molecule has 0 aliphatic carbocycles. The standard InChI is InChI=1S/C21H25ClN4O3/c1-29-10-9-25-7-5-21(14-25)6-8-26-13-17(19(28)24-20(21)26)18(27)23-12-15-3-2-4-16(22)11-15/h2-4,11,13H,5-10,12,14H2,1H3,(H,23,27). The number of methoxy groups -OCH3 is 1. The number of carbonyl (C=O) groups is 1. The van der Waals surface area contributed by atoms with Crippen molar-refractivity contribution in [3.05, 3.63) is 62.8 Å². The SMILES string of the molecule is COCCN1CCC2(CCn3cc(C(=O)NCc4cccc(Cl)c4)c(=O)nc32)C1. The highest BCUT2D eigenvalue weighted by Crippen LogP contribution is 2.40. The minimum atomic E-state index is -0.462. The monoisotopic (exact) mass is 416 g/mol. The zero-order valence-corrected chi connectivity index (χ0v) is 17.2. The number of nitrogens with zero attached hydrogens (tertiary/aromatic N) is 3. The van der Waals surface area contributed by atoms with Crippen LogP contribution in [0.2, 0.25) is 5.02 Å².